The summed E-state index contributed by atoms with van der Waals surface area (Å²) in [4.78, 5) is 16.2. The maximum atomic E-state index is 9.07. The molecule has 1 unspecified atom stereocenters. The van der Waals surface area contributed by atoms with Gasteiger partial charge in [-0.1, -0.05) is 20.3 Å². The number of aromatic nitrogens is 4. The summed E-state index contributed by atoms with van der Waals surface area (Å²) in [5, 5.41) is 15.6. The molecule has 2 aromatic heterocycles. The van der Waals surface area contributed by atoms with Crippen molar-refractivity contribution in [3.05, 3.63) is 6.33 Å². The number of imidazole rings is 1. The van der Waals surface area contributed by atoms with Crippen LogP contribution in [0.25, 0.3) is 11.2 Å². The van der Waals surface area contributed by atoms with Crippen molar-refractivity contribution in [2.45, 2.75) is 33.1 Å². The topological polar surface area (TPSA) is 98.8 Å². The molecule has 2 rings (SSSR count). The molecule has 0 aliphatic carbocycles. The first kappa shape index (κ1) is 15.5. The van der Waals surface area contributed by atoms with E-state index in [1.807, 2.05) is 0 Å². The van der Waals surface area contributed by atoms with Crippen LogP contribution in [0.4, 0.5) is 11.8 Å². The number of hydrogen-bond donors (Lipinski definition) is 4. The van der Waals surface area contributed by atoms with Crippen LogP contribution in [0.3, 0.4) is 0 Å². The van der Waals surface area contributed by atoms with E-state index < -0.39 is 0 Å². The molecule has 0 fully saturated rings. The maximum absolute atomic E-state index is 9.07. The summed E-state index contributed by atoms with van der Waals surface area (Å²) in [6.45, 7) is 6.04. The van der Waals surface area contributed by atoms with Crippen LogP contribution < -0.4 is 10.6 Å². The van der Waals surface area contributed by atoms with Crippen LogP contribution in [0.15, 0.2) is 6.33 Å². The first-order chi connectivity index (χ1) is 10.3. The zero-order valence-electron chi connectivity index (χ0n) is 12.7. The summed E-state index contributed by atoms with van der Waals surface area (Å²) in [6.07, 6.45) is 4.45. The Labute approximate surface area is 124 Å². The molecule has 4 N–H and O–H groups in total. The molecule has 1 atom stereocenters. The number of aromatic amines is 1. The molecule has 0 amide bonds. The average Bonchev–Trinajstić information content (AvgIpc) is 2.97. The smallest absolute Gasteiger partial charge is 0.226 e. The van der Waals surface area contributed by atoms with Gasteiger partial charge in [-0.05, 0) is 18.8 Å². The molecule has 0 radical (unpaired) electrons. The molecule has 0 bridgehead atoms. The van der Waals surface area contributed by atoms with Gasteiger partial charge >= 0.3 is 0 Å². The lowest BCUT2D eigenvalue weighted by Gasteiger charge is -2.15. The molecule has 7 nitrogen and oxygen atoms in total. The van der Waals surface area contributed by atoms with Crippen molar-refractivity contribution < 1.29 is 5.11 Å². The number of rotatable bonds is 9. The second-order valence-corrected chi connectivity index (χ2v) is 5.09. The third kappa shape index (κ3) is 4.04. The SMILES string of the molecule is CCCNc1nc(NCC(CC)CCO)c2[nH]cnc2n1. The third-order valence-electron chi connectivity index (χ3n) is 3.49. The minimum absolute atomic E-state index is 0.215. The number of nitrogens with zero attached hydrogens (tertiary/aromatic N) is 3. The van der Waals surface area contributed by atoms with E-state index in [-0.39, 0.29) is 6.61 Å². The lowest BCUT2D eigenvalue weighted by atomic mass is 10.0. The number of fused-ring (bicyclic) bond motifs is 1. The van der Waals surface area contributed by atoms with Crippen molar-refractivity contribution in [2.24, 2.45) is 5.92 Å². The fraction of sp³-hybridized carbons (Fsp3) is 0.643. The van der Waals surface area contributed by atoms with Crippen molar-refractivity contribution in [1.82, 2.24) is 19.9 Å². The standard InChI is InChI=1S/C14H24N6O/c1-3-6-15-14-19-12(11-13(20-14)18-9-17-11)16-8-10(4-2)5-7-21/h9-10,21H,3-8H2,1-2H3,(H3,15,16,17,18,19,20). The number of aliphatic hydroxyl groups is 1. The van der Waals surface area contributed by atoms with E-state index in [0.29, 0.717) is 17.5 Å². The lowest BCUT2D eigenvalue weighted by Crippen LogP contribution is -2.16. The van der Waals surface area contributed by atoms with E-state index in [1.54, 1.807) is 6.33 Å². The molecule has 116 valence electrons. The van der Waals surface area contributed by atoms with Gasteiger partial charge < -0.3 is 20.7 Å². The first-order valence-electron chi connectivity index (χ1n) is 7.58. The van der Waals surface area contributed by atoms with Gasteiger partial charge in [0.1, 0.15) is 5.52 Å². The molecule has 0 aliphatic heterocycles. The Morgan fingerprint density at radius 1 is 1.29 bits per heavy atom. The van der Waals surface area contributed by atoms with Crippen LogP contribution >= 0.6 is 0 Å². The van der Waals surface area contributed by atoms with Crippen LogP contribution in [0, 0.1) is 5.92 Å². The number of anilines is 2. The van der Waals surface area contributed by atoms with E-state index in [4.69, 9.17) is 5.11 Å². The molecule has 2 aromatic rings. The van der Waals surface area contributed by atoms with E-state index in [0.717, 1.165) is 43.7 Å². The predicted molar refractivity (Wildman–Crippen MR) is 84.4 cm³/mol. The Morgan fingerprint density at radius 3 is 2.86 bits per heavy atom. The quantitative estimate of drug-likeness (QED) is 0.564. The van der Waals surface area contributed by atoms with Crippen molar-refractivity contribution in [1.29, 1.82) is 0 Å². The van der Waals surface area contributed by atoms with Gasteiger partial charge in [-0.3, -0.25) is 0 Å². The van der Waals surface area contributed by atoms with E-state index >= 15 is 0 Å². The molecule has 0 aromatic carbocycles. The molecule has 21 heavy (non-hydrogen) atoms. The van der Waals surface area contributed by atoms with Crippen LogP contribution in [0.1, 0.15) is 33.1 Å². The molecule has 0 spiro atoms. The Kier molecular flexibility index (Phi) is 5.74. The van der Waals surface area contributed by atoms with Gasteiger partial charge in [0.15, 0.2) is 11.5 Å². The molecule has 7 heteroatoms. The monoisotopic (exact) mass is 292 g/mol. The third-order valence-corrected chi connectivity index (χ3v) is 3.49. The van der Waals surface area contributed by atoms with Crippen LogP contribution in [0.2, 0.25) is 0 Å². The van der Waals surface area contributed by atoms with Gasteiger partial charge in [0.25, 0.3) is 0 Å². The van der Waals surface area contributed by atoms with Gasteiger partial charge in [-0.2, -0.15) is 9.97 Å². The summed E-state index contributed by atoms with van der Waals surface area (Å²) < 4.78 is 0. The Hall–Kier alpha value is -1.89. The van der Waals surface area contributed by atoms with Crippen molar-refractivity contribution >= 4 is 22.9 Å². The van der Waals surface area contributed by atoms with E-state index in [9.17, 15) is 0 Å². The van der Waals surface area contributed by atoms with Gasteiger partial charge in [0.05, 0.1) is 6.33 Å². The van der Waals surface area contributed by atoms with Crippen LogP contribution in [-0.2, 0) is 0 Å². The Morgan fingerprint density at radius 2 is 2.14 bits per heavy atom. The number of H-pyrrole nitrogens is 1. The summed E-state index contributed by atoms with van der Waals surface area (Å²) >= 11 is 0. The zero-order valence-corrected chi connectivity index (χ0v) is 12.7. The Balaban J connectivity index is 2.14. The van der Waals surface area contributed by atoms with Crippen molar-refractivity contribution in [3.8, 4) is 0 Å². The number of hydrogen-bond acceptors (Lipinski definition) is 6. The van der Waals surface area contributed by atoms with Gasteiger partial charge in [-0.25, -0.2) is 4.98 Å². The molecule has 0 aliphatic rings. The summed E-state index contributed by atoms with van der Waals surface area (Å²) in [5.74, 6) is 1.77. The highest BCUT2D eigenvalue weighted by atomic mass is 16.3. The van der Waals surface area contributed by atoms with Crippen LogP contribution in [-0.4, -0.2) is 44.7 Å². The second kappa shape index (κ2) is 7.78. The average molecular weight is 292 g/mol. The minimum Gasteiger partial charge on any atom is -0.396 e. The molecular weight excluding hydrogens is 268 g/mol. The normalized spacial score (nSPS) is 12.5. The highest BCUT2D eigenvalue weighted by Gasteiger charge is 2.11. The van der Waals surface area contributed by atoms with E-state index in [2.05, 4.69) is 44.4 Å². The lowest BCUT2D eigenvalue weighted by molar-refractivity contribution is 0.258. The first-order valence-corrected chi connectivity index (χ1v) is 7.58. The maximum Gasteiger partial charge on any atom is 0.226 e. The van der Waals surface area contributed by atoms with Gasteiger partial charge in [0, 0.05) is 19.7 Å². The summed E-state index contributed by atoms with van der Waals surface area (Å²) in [7, 11) is 0. The fourth-order valence-corrected chi connectivity index (χ4v) is 2.15. The largest absolute Gasteiger partial charge is 0.396 e. The predicted octanol–water partition coefficient (Wildman–Crippen LogP) is 2.00. The highest BCUT2D eigenvalue weighted by Crippen LogP contribution is 2.19. The summed E-state index contributed by atoms with van der Waals surface area (Å²) in [5.41, 5.74) is 1.47. The number of nitrogens with one attached hydrogen (secondary N) is 3. The molecule has 0 saturated carbocycles. The molecular formula is C14H24N6O. The van der Waals surface area contributed by atoms with E-state index in [1.165, 1.54) is 0 Å². The minimum atomic E-state index is 0.215. The summed E-state index contributed by atoms with van der Waals surface area (Å²) in [6, 6.07) is 0. The van der Waals surface area contributed by atoms with Crippen LogP contribution in [0.5, 0.6) is 0 Å². The second-order valence-electron chi connectivity index (χ2n) is 5.09. The Bertz CT molecular complexity index is 555. The highest BCUT2D eigenvalue weighted by molar-refractivity contribution is 5.83. The van der Waals surface area contributed by atoms with Crippen molar-refractivity contribution in [3.63, 3.8) is 0 Å². The number of aliphatic hydroxyl groups excluding tert-OH is 1. The molecule has 2 heterocycles. The fourth-order valence-electron chi connectivity index (χ4n) is 2.15. The zero-order chi connectivity index (χ0) is 15.1. The van der Waals surface area contributed by atoms with Gasteiger partial charge in [-0.15, -0.1) is 0 Å². The van der Waals surface area contributed by atoms with Crippen molar-refractivity contribution in [2.75, 3.05) is 30.3 Å². The molecule has 0 saturated heterocycles. The van der Waals surface area contributed by atoms with Gasteiger partial charge in [0.2, 0.25) is 5.95 Å².